The quantitative estimate of drug-likeness (QED) is 0.664. The molecular weight excluding hydrogens is 386 g/mol. The molecule has 2 aliphatic rings. The monoisotopic (exact) mass is 411 g/mol. The number of nitrogens with zero attached hydrogens (tertiary/aromatic N) is 2. The Morgan fingerprint density at radius 1 is 0.935 bits per heavy atom. The first-order valence-electron chi connectivity index (χ1n) is 11.0. The molecular formula is C26H25N3O2. The molecule has 1 aliphatic carbocycles. The summed E-state index contributed by atoms with van der Waals surface area (Å²) in [5.74, 6) is -0.290. The lowest BCUT2D eigenvalue weighted by atomic mass is 9.95. The Hall–Kier alpha value is -3.47. The van der Waals surface area contributed by atoms with Crippen molar-refractivity contribution in [2.75, 3.05) is 4.90 Å². The minimum atomic E-state index is -0.704. The Kier molecular flexibility index (Phi) is 5.24. The van der Waals surface area contributed by atoms with E-state index in [2.05, 4.69) is 10.3 Å². The first-order chi connectivity index (χ1) is 15.2. The highest BCUT2D eigenvalue weighted by atomic mass is 16.2. The number of hydrogen-bond acceptors (Lipinski definition) is 3. The molecule has 1 fully saturated rings. The van der Waals surface area contributed by atoms with Gasteiger partial charge in [-0.25, -0.2) is 0 Å². The topological polar surface area (TPSA) is 62.3 Å². The number of anilines is 1. The van der Waals surface area contributed by atoms with Gasteiger partial charge in [-0.15, -0.1) is 0 Å². The number of fused-ring (bicyclic) bond motifs is 1. The zero-order chi connectivity index (χ0) is 21.2. The van der Waals surface area contributed by atoms with E-state index in [1.165, 1.54) is 6.42 Å². The van der Waals surface area contributed by atoms with Gasteiger partial charge in [0.2, 0.25) is 5.91 Å². The molecule has 156 valence electrons. The summed E-state index contributed by atoms with van der Waals surface area (Å²) in [5, 5.41) is 3.21. The smallest absolute Gasteiger partial charge is 0.259 e. The lowest BCUT2D eigenvalue weighted by Crippen LogP contribution is -2.44. The van der Waals surface area contributed by atoms with Gasteiger partial charge < -0.3 is 5.32 Å². The second-order valence-corrected chi connectivity index (χ2v) is 8.28. The Bertz CT molecular complexity index is 1090. The summed E-state index contributed by atoms with van der Waals surface area (Å²) < 4.78 is 0. The molecule has 1 unspecified atom stereocenters. The van der Waals surface area contributed by atoms with Crippen molar-refractivity contribution in [1.82, 2.24) is 10.3 Å². The standard InChI is InChI=1S/C26H25N3O2/c30-25(28-19-12-6-2-7-13-19)24-22-17-27-23(18-10-4-1-5-11-18)16-21(22)26(31)29(24)20-14-8-3-9-15-20/h1,3-5,8-11,14-17,19,24H,2,6-7,12-13H2,(H,28,30). The van der Waals surface area contributed by atoms with Crippen molar-refractivity contribution >= 4 is 17.5 Å². The molecule has 2 aromatic carbocycles. The largest absolute Gasteiger partial charge is 0.351 e. The number of aromatic nitrogens is 1. The summed E-state index contributed by atoms with van der Waals surface area (Å²) in [6, 6.07) is 20.5. The van der Waals surface area contributed by atoms with Crippen molar-refractivity contribution in [3.05, 3.63) is 84.1 Å². The Labute approximate surface area is 182 Å². The zero-order valence-electron chi connectivity index (χ0n) is 17.3. The summed E-state index contributed by atoms with van der Waals surface area (Å²) in [4.78, 5) is 33.1. The lowest BCUT2D eigenvalue weighted by Gasteiger charge is -2.28. The van der Waals surface area contributed by atoms with Gasteiger partial charge in [0.15, 0.2) is 0 Å². The van der Waals surface area contributed by atoms with Crippen molar-refractivity contribution in [2.24, 2.45) is 0 Å². The van der Waals surface area contributed by atoms with Crippen molar-refractivity contribution in [3.8, 4) is 11.3 Å². The van der Waals surface area contributed by atoms with E-state index in [0.29, 0.717) is 16.8 Å². The predicted molar refractivity (Wildman–Crippen MR) is 121 cm³/mol. The number of hydrogen-bond donors (Lipinski definition) is 1. The number of rotatable bonds is 4. The van der Waals surface area contributed by atoms with Crippen LogP contribution in [-0.4, -0.2) is 22.8 Å². The van der Waals surface area contributed by atoms with Gasteiger partial charge in [-0.2, -0.15) is 0 Å². The van der Waals surface area contributed by atoms with Crippen LogP contribution in [0.2, 0.25) is 0 Å². The molecule has 0 bridgehead atoms. The van der Waals surface area contributed by atoms with Crippen molar-refractivity contribution in [2.45, 2.75) is 44.2 Å². The highest BCUT2D eigenvalue weighted by Crippen LogP contribution is 2.39. The first kappa shape index (κ1) is 19.5. The zero-order valence-corrected chi connectivity index (χ0v) is 17.3. The van der Waals surface area contributed by atoms with Gasteiger partial charge in [-0.05, 0) is 31.0 Å². The fourth-order valence-electron chi connectivity index (χ4n) is 4.66. The van der Waals surface area contributed by atoms with Gasteiger partial charge in [0.25, 0.3) is 5.91 Å². The van der Waals surface area contributed by atoms with Crippen LogP contribution in [0.1, 0.15) is 54.1 Å². The number of para-hydroxylation sites is 1. The van der Waals surface area contributed by atoms with Crippen LogP contribution >= 0.6 is 0 Å². The summed E-state index contributed by atoms with van der Waals surface area (Å²) in [6.07, 6.45) is 7.18. The van der Waals surface area contributed by atoms with E-state index < -0.39 is 6.04 Å². The van der Waals surface area contributed by atoms with Gasteiger partial charge in [-0.1, -0.05) is 67.8 Å². The van der Waals surface area contributed by atoms with Gasteiger partial charge in [0, 0.05) is 34.6 Å². The molecule has 3 aromatic rings. The maximum atomic E-state index is 13.5. The summed E-state index contributed by atoms with van der Waals surface area (Å²) in [6.45, 7) is 0. The van der Waals surface area contributed by atoms with E-state index >= 15 is 0 Å². The van der Waals surface area contributed by atoms with Gasteiger partial charge in [-0.3, -0.25) is 19.5 Å². The van der Waals surface area contributed by atoms with E-state index in [1.54, 1.807) is 11.1 Å². The summed E-state index contributed by atoms with van der Waals surface area (Å²) >= 11 is 0. The SMILES string of the molecule is O=C(NC1CCCCC1)C1c2cnc(-c3ccccc3)cc2C(=O)N1c1ccccc1. The van der Waals surface area contributed by atoms with Crippen LogP contribution in [-0.2, 0) is 4.79 Å². The second-order valence-electron chi connectivity index (χ2n) is 8.28. The molecule has 31 heavy (non-hydrogen) atoms. The van der Waals surface area contributed by atoms with Crippen LogP contribution < -0.4 is 10.2 Å². The van der Waals surface area contributed by atoms with E-state index in [-0.39, 0.29) is 17.9 Å². The van der Waals surface area contributed by atoms with Crippen molar-refractivity contribution < 1.29 is 9.59 Å². The van der Waals surface area contributed by atoms with E-state index in [0.717, 1.165) is 36.9 Å². The van der Waals surface area contributed by atoms with Crippen LogP contribution in [0.4, 0.5) is 5.69 Å². The molecule has 1 atom stereocenters. The minimum absolute atomic E-state index is 0.128. The highest BCUT2D eigenvalue weighted by Gasteiger charge is 2.43. The number of amides is 2. The number of nitrogens with one attached hydrogen (secondary N) is 1. The average molecular weight is 412 g/mol. The van der Waals surface area contributed by atoms with Crippen molar-refractivity contribution in [3.63, 3.8) is 0 Å². The Morgan fingerprint density at radius 3 is 2.32 bits per heavy atom. The Morgan fingerprint density at radius 2 is 1.61 bits per heavy atom. The fraction of sp³-hybridized carbons (Fsp3) is 0.269. The highest BCUT2D eigenvalue weighted by molar-refractivity contribution is 6.16. The first-order valence-corrected chi connectivity index (χ1v) is 11.0. The molecule has 1 saturated carbocycles. The average Bonchev–Trinajstić information content (AvgIpc) is 3.13. The minimum Gasteiger partial charge on any atom is -0.351 e. The predicted octanol–water partition coefficient (Wildman–Crippen LogP) is 4.90. The maximum absolute atomic E-state index is 13.5. The molecule has 5 nitrogen and oxygen atoms in total. The molecule has 1 aliphatic heterocycles. The summed E-state index contributed by atoms with van der Waals surface area (Å²) in [7, 11) is 0. The van der Waals surface area contributed by atoms with Gasteiger partial charge >= 0.3 is 0 Å². The van der Waals surface area contributed by atoms with Crippen LogP contribution in [0.3, 0.4) is 0 Å². The van der Waals surface area contributed by atoms with E-state index in [1.807, 2.05) is 66.7 Å². The van der Waals surface area contributed by atoms with Crippen LogP contribution in [0.5, 0.6) is 0 Å². The molecule has 1 aromatic heterocycles. The molecule has 0 spiro atoms. The van der Waals surface area contributed by atoms with Crippen LogP contribution in [0, 0.1) is 0 Å². The normalized spacial score (nSPS) is 18.6. The van der Waals surface area contributed by atoms with Crippen LogP contribution in [0.25, 0.3) is 11.3 Å². The van der Waals surface area contributed by atoms with Crippen molar-refractivity contribution in [1.29, 1.82) is 0 Å². The Balaban J connectivity index is 1.54. The molecule has 0 radical (unpaired) electrons. The third-order valence-corrected chi connectivity index (χ3v) is 6.24. The third-order valence-electron chi connectivity index (χ3n) is 6.24. The molecule has 0 saturated heterocycles. The maximum Gasteiger partial charge on any atom is 0.259 e. The number of pyridine rings is 1. The molecule has 2 amide bonds. The lowest BCUT2D eigenvalue weighted by molar-refractivity contribution is -0.123. The summed E-state index contributed by atoms with van der Waals surface area (Å²) in [5.41, 5.74) is 3.60. The number of carbonyl (C=O) groups is 2. The van der Waals surface area contributed by atoms with Gasteiger partial charge in [0.05, 0.1) is 5.69 Å². The molecule has 5 heteroatoms. The third kappa shape index (κ3) is 3.72. The molecule has 2 heterocycles. The van der Waals surface area contributed by atoms with E-state index in [4.69, 9.17) is 0 Å². The van der Waals surface area contributed by atoms with Gasteiger partial charge in [0.1, 0.15) is 6.04 Å². The van der Waals surface area contributed by atoms with Crippen LogP contribution in [0.15, 0.2) is 72.9 Å². The number of benzene rings is 2. The fourth-order valence-corrected chi connectivity index (χ4v) is 4.66. The second kappa shape index (κ2) is 8.34. The molecule has 1 N–H and O–H groups in total. The van der Waals surface area contributed by atoms with E-state index in [9.17, 15) is 9.59 Å². The number of carbonyl (C=O) groups excluding carboxylic acids is 2. The molecule has 5 rings (SSSR count).